The van der Waals surface area contributed by atoms with Gasteiger partial charge in [0.15, 0.2) is 0 Å². The Labute approximate surface area is 139 Å². The topological polar surface area (TPSA) is 64.6 Å². The predicted molar refractivity (Wildman–Crippen MR) is 93.5 cm³/mol. The van der Waals surface area contributed by atoms with Gasteiger partial charge in [0.1, 0.15) is 0 Å². The van der Waals surface area contributed by atoms with Crippen LogP contribution < -0.4 is 10.6 Å². The first-order valence-electron chi connectivity index (χ1n) is 8.61. The molecular weight excluding hydrogens is 290 g/mol. The van der Waals surface area contributed by atoms with Crippen molar-refractivity contribution in [2.45, 2.75) is 58.2 Å². The van der Waals surface area contributed by atoms with E-state index in [2.05, 4.69) is 30.5 Å². The van der Waals surface area contributed by atoms with E-state index in [1.807, 2.05) is 23.1 Å². The van der Waals surface area contributed by atoms with Gasteiger partial charge in [-0.15, -0.1) is 0 Å². The highest BCUT2D eigenvalue weighted by Crippen LogP contribution is 2.19. The fourth-order valence-electron chi connectivity index (χ4n) is 3.10. The van der Waals surface area contributed by atoms with Crippen molar-refractivity contribution in [2.75, 3.05) is 18.5 Å². The van der Waals surface area contributed by atoms with E-state index in [9.17, 15) is 4.79 Å². The maximum Gasteiger partial charge on any atom is 0.317 e. The van der Waals surface area contributed by atoms with Gasteiger partial charge in [0.2, 0.25) is 0 Å². The number of carbonyl (C=O) groups is 1. The van der Waals surface area contributed by atoms with Crippen molar-refractivity contribution in [1.82, 2.24) is 10.2 Å². The summed E-state index contributed by atoms with van der Waals surface area (Å²) in [5.41, 5.74) is 2.16. The molecule has 128 valence electrons. The van der Waals surface area contributed by atoms with E-state index >= 15 is 0 Å². The minimum Gasteiger partial charge on any atom is -0.396 e. The Balaban J connectivity index is 1.90. The lowest BCUT2D eigenvalue weighted by Gasteiger charge is -2.35. The summed E-state index contributed by atoms with van der Waals surface area (Å²) in [4.78, 5) is 14.3. The zero-order valence-corrected chi connectivity index (χ0v) is 14.2. The second-order valence-electron chi connectivity index (χ2n) is 6.51. The average molecular weight is 319 g/mol. The SMILES string of the molecule is CC(C)Nc1cccc(CNC(=O)N2CCCC[C@@H]2CCO)c1. The van der Waals surface area contributed by atoms with Gasteiger partial charge in [-0.2, -0.15) is 0 Å². The Kier molecular flexibility index (Phi) is 6.71. The molecule has 1 aromatic rings. The number of nitrogens with one attached hydrogen (secondary N) is 2. The first kappa shape index (κ1) is 17.6. The molecule has 2 amide bonds. The Bertz CT molecular complexity index is 503. The molecule has 0 saturated carbocycles. The lowest BCUT2D eigenvalue weighted by atomic mass is 10.0. The molecule has 2 rings (SSSR count). The summed E-state index contributed by atoms with van der Waals surface area (Å²) < 4.78 is 0. The van der Waals surface area contributed by atoms with Crippen LogP contribution >= 0.6 is 0 Å². The summed E-state index contributed by atoms with van der Waals surface area (Å²) in [7, 11) is 0. The minimum absolute atomic E-state index is 0.0228. The monoisotopic (exact) mass is 319 g/mol. The summed E-state index contributed by atoms with van der Waals surface area (Å²) in [6.07, 6.45) is 3.84. The first-order chi connectivity index (χ1) is 11.1. The number of likely N-dealkylation sites (tertiary alicyclic amines) is 1. The van der Waals surface area contributed by atoms with Crippen molar-refractivity contribution < 1.29 is 9.90 Å². The van der Waals surface area contributed by atoms with Crippen molar-refractivity contribution in [3.8, 4) is 0 Å². The third kappa shape index (κ3) is 5.43. The molecule has 1 aliphatic heterocycles. The zero-order chi connectivity index (χ0) is 16.7. The van der Waals surface area contributed by atoms with E-state index in [4.69, 9.17) is 5.11 Å². The van der Waals surface area contributed by atoms with Gasteiger partial charge < -0.3 is 20.6 Å². The number of anilines is 1. The molecule has 0 radical (unpaired) electrons. The number of hydrogen-bond acceptors (Lipinski definition) is 3. The van der Waals surface area contributed by atoms with Crippen molar-refractivity contribution in [2.24, 2.45) is 0 Å². The van der Waals surface area contributed by atoms with Crippen LogP contribution in [0, 0.1) is 0 Å². The van der Waals surface area contributed by atoms with Crippen molar-refractivity contribution >= 4 is 11.7 Å². The van der Waals surface area contributed by atoms with Gasteiger partial charge in [0.05, 0.1) is 0 Å². The summed E-state index contributed by atoms with van der Waals surface area (Å²) in [5, 5.41) is 15.5. The molecule has 1 aromatic carbocycles. The molecular formula is C18H29N3O2. The molecule has 1 saturated heterocycles. The highest BCUT2D eigenvalue weighted by atomic mass is 16.3. The van der Waals surface area contributed by atoms with Crippen molar-refractivity contribution in [3.63, 3.8) is 0 Å². The van der Waals surface area contributed by atoms with Crippen molar-refractivity contribution in [1.29, 1.82) is 0 Å². The number of rotatable bonds is 6. The van der Waals surface area contributed by atoms with Gasteiger partial charge in [-0.25, -0.2) is 4.79 Å². The lowest BCUT2D eigenvalue weighted by molar-refractivity contribution is 0.131. The molecule has 5 heteroatoms. The summed E-state index contributed by atoms with van der Waals surface area (Å²) >= 11 is 0. The Morgan fingerprint density at radius 1 is 1.39 bits per heavy atom. The summed E-state index contributed by atoms with van der Waals surface area (Å²) in [6, 6.07) is 8.66. The molecule has 0 bridgehead atoms. The first-order valence-corrected chi connectivity index (χ1v) is 8.61. The smallest absolute Gasteiger partial charge is 0.317 e. The van der Waals surface area contributed by atoms with Crippen LogP contribution in [0.15, 0.2) is 24.3 Å². The van der Waals surface area contributed by atoms with E-state index in [1.165, 1.54) is 0 Å². The normalized spacial score (nSPS) is 18.1. The summed E-state index contributed by atoms with van der Waals surface area (Å²) in [6.45, 7) is 5.65. The molecule has 0 spiro atoms. The van der Waals surface area contributed by atoms with E-state index < -0.39 is 0 Å². The number of carbonyl (C=O) groups excluding carboxylic acids is 1. The quantitative estimate of drug-likeness (QED) is 0.755. The van der Waals surface area contributed by atoms with Crippen LogP contribution in [0.2, 0.25) is 0 Å². The number of hydrogen-bond donors (Lipinski definition) is 3. The zero-order valence-electron chi connectivity index (χ0n) is 14.2. The second-order valence-corrected chi connectivity index (χ2v) is 6.51. The molecule has 1 atom stereocenters. The van der Waals surface area contributed by atoms with Crippen LogP contribution in [0.1, 0.15) is 45.1 Å². The molecule has 1 fully saturated rings. The second kappa shape index (κ2) is 8.77. The van der Waals surface area contributed by atoms with Crippen LogP contribution in [0.4, 0.5) is 10.5 Å². The molecule has 0 unspecified atom stereocenters. The molecule has 0 aliphatic carbocycles. The van der Waals surface area contributed by atoms with Gasteiger partial charge in [-0.05, 0) is 57.2 Å². The number of amides is 2. The fraction of sp³-hybridized carbons (Fsp3) is 0.611. The largest absolute Gasteiger partial charge is 0.396 e. The van der Waals surface area contributed by atoms with Gasteiger partial charge in [-0.3, -0.25) is 0 Å². The van der Waals surface area contributed by atoms with Crippen LogP contribution in [-0.4, -0.2) is 41.3 Å². The number of aliphatic hydroxyl groups excluding tert-OH is 1. The number of benzene rings is 1. The maximum absolute atomic E-state index is 12.4. The molecule has 1 heterocycles. The third-order valence-corrected chi connectivity index (χ3v) is 4.18. The van der Waals surface area contributed by atoms with Gasteiger partial charge in [0.25, 0.3) is 0 Å². The average Bonchev–Trinajstić information content (AvgIpc) is 2.53. The Morgan fingerprint density at radius 2 is 2.22 bits per heavy atom. The van der Waals surface area contributed by atoms with E-state index in [-0.39, 0.29) is 18.7 Å². The van der Waals surface area contributed by atoms with Gasteiger partial charge in [0, 0.05) is 37.5 Å². The van der Waals surface area contributed by atoms with Crippen LogP contribution in [0.3, 0.4) is 0 Å². The Hall–Kier alpha value is -1.75. The maximum atomic E-state index is 12.4. The predicted octanol–water partition coefficient (Wildman–Crippen LogP) is 2.95. The van der Waals surface area contributed by atoms with Crippen LogP contribution in [0.25, 0.3) is 0 Å². The number of aliphatic hydroxyl groups is 1. The van der Waals surface area contributed by atoms with E-state index in [0.29, 0.717) is 19.0 Å². The lowest BCUT2D eigenvalue weighted by Crippen LogP contribution is -2.48. The standard InChI is InChI=1S/C18H29N3O2/c1-14(2)20-16-7-5-6-15(12-16)13-19-18(23)21-10-4-3-8-17(21)9-11-22/h5-7,12,14,17,20,22H,3-4,8-11,13H2,1-2H3,(H,19,23)/t17-/m1/s1. The number of piperidine rings is 1. The third-order valence-electron chi connectivity index (χ3n) is 4.18. The fourth-order valence-corrected chi connectivity index (χ4v) is 3.10. The van der Waals surface area contributed by atoms with Gasteiger partial charge >= 0.3 is 6.03 Å². The molecule has 0 aromatic heterocycles. The van der Waals surface area contributed by atoms with E-state index in [0.717, 1.165) is 37.1 Å². The van der Waals surface area contributed by atoms with E-state index in [1.54, 1.807) is 0 Å². The van der Waals surface area contributed by atoms with Gasteiger partial charge in [-0.1, -0.05) is 12.1 Å². The van der Waals surface area contributed by atoms with Crippen molar-refractivity contribution in [3.05, 3.63) is 29.8 Å². The summed E-state index contributed by atoms with van der Waals surface area (Å²) in [5.74, 6) is 0. The number of nitrogens with zero attached hydrogens (tertiary/aromatic N) is 1. The highest BCUT2D eigenvalue weighted by molar-refractivity contribution is 5.74. The molecule has 3 N–H and O–H groups in total. The molecule has 1 aliphatic rings. The Morgan fingerprint density at radius 3 is 2.96 bits per heavy atom. The van der Waals surface area contributed by atoms with Crippen LogP contribution in [0.5, 0.6) is 0 Å². The highest BCUT2D eigenvalue weighted by Gasteiger charge is 2.25. The number of urea groups is 1. The molecule has 5 nitrogen and oxygen atoms in total. The minimum atomic E-state index is -0.0228. The molecule has 23 heavy (non-hydrogen) atoms. The van der Waals surface area contributed by atoms with Crippen LogP contribution in [-0.2, 0) is 6.54 Å².